The summed E-state index contributed by atoms with van der Waals surface area (Å²) in [6.07, 6.45) is -0.104. The number of carboxylic acid groups (broad SMARTS) is 2. The van der Waals surface area contributed by atoms with Gasteiger partial charge in [0.1, 0.15) is 21.1 Å². The molecule has 0 atom stereocenters. The van der Waals surface area contributed by atoms with Crippen LogP contribution in [-0.4, -0.2) is 34.0 Å². The summed E-state index contributed by atoms with van der Waals surface area (Å²) in [5.41, 5.74) is 1.73. The molecule has 0 saturated heterocycles. The summed E-state index contributed by atoms with van der Waals surface area (Å²) in [4.78, 5) is 49.8. The number of amides is 2. The highest BCUT2D eigenvalue weighted by Crippen LogP contribution is 2.38. The summed E-state index contributed by atoms with van der Waals surface area (Å²) in [6, 6.07) is 18.1. The normalized spacial score (nSPS) is 11.1. The molecule has 0 aliphatic carbocycles. The minimum absolute atomic E-state index is 0.0169. The van der Waals surface area contributed by atoms with Crippen LogP contribution in [0, 0.1) is 5.41 Å². The topological polar surface area (TPSA) is 133 Å². The minimum Gasteiger partial charge on any atom is -0.478 e. The van der Waals surface area contributed by atoms with Crippen LogP contribution in [0.3, 0.4) is 0 Å². The van der Waals surface area contributed by atoms with E-state index < -0.39 is 29.2 Å². The zero-order valence-electron chi connectivity index (χ0n) is 21.2. The molecule has 0 radical (unpaired) electrons. The molecule has 0 saturated carbocycles. The van der Waals surface area contributed by atoms with Crippen LogP contribution in [0.1, 0.15) is 47.4 Å². The van der Waals surface area contributed by atoms with E-state index in [9.17, 15) is 29.4 Å². The van der Waals surface area contributed by atoms with Crippen LogP contribution in [0.2, 0.25) is 0 Å². The van der Waals surface area contributed by atoms with Gasteiger partial charge in [-0.1, -0.05) is 74.5 Å². The fourth-order valence-electron chi connectivity index (χ4n) is 4.26. The van der Waals surface area contributed by atoms with Gasteiger partial charge in [0.15, 0.2) is 0 Å². The van der Waals surface area contributed by atoms with Crippen molar-refractivity contribution in [1.29, 1.82) is 0 Å². The molecule has 39 heavy (non-hydrogen) atoms. The number of anilines is 2. The van der Waals surface area contributed by atoms with Crippen molar-refractivity contribution in [2.24, 2.45) is 5.41 Å². The molecule has 2 heterocycles. The smallest absolute Gasteiger partial charge is 0.339 e. The fraction of sp³-hybridized carbons (Fsp3) is 0.172. The zero-order chi connectivity index (χ0) is 28.2. The van der Waals surface area contributed by atoms with Gasteiger partial charge >= 0.3 is 11.9 Å². The van der Waals surface area contributed by atoms with Gasteiger partial charge in [-0.2, -0.15) is 0 Å². The van der Waals surface area contributed by atoms with E-state index in [1.54, 1.807) is 48.9 Å². The Balaban J connectivity index is 1.43. The maximum Gasteiger partial charge on any atom is 0.339 e. The van der Waals surface area contributed by atoms with Gasteiger partial charge in [-0.05, 0) is 16.5 Å². The Morgan fingerprint density at radius 3 is 1.36 bits per heavy atom. The Labute approximate surface area is 233 Å². The maximum atomic E-state index is 12.9. The molecular formula is C29H26N2O6S2. The lowest BCUT2D eigenvalue weighted by atomic mass is 9.85. The number of hydrogen-bond acceptors (Lipinski definition) is 6. The average molecular weight is 563 g/mol. The Hall–Kier alpha value is -4.28. The van der Waals surface area contributed by atoms with Crippen molar-refractivity contribution >= 4 is 56.4 Å². The monoisotopic (exact) mass is 562 g/mol. The highest BCUT2D eigenvalue weighted by molar-refractivity contribution is 7.15. The van der Waals surface area contributed by atoms with Gasteiger partial charge in [0.25, 0.3) is 0 Å². The summed E-state index contributed by atoms with van der Waals surface area (Å²) in [6.45, 7) is 3.49. The van der Waals surface area contributed by atoms with Crippen LogP contribution in [0.25, 0.3) is 22.3 Å². The van der Waals surface area contributed by atoms with E-state index in [0.717, 1.165) is 33.8 Å². The van der Waals surface area contributed by atoms with Gasteiger partial charge in [0.05, 0.1) is 0 Å². The van der Waals surface area contributed by atoms with E-state index in [0.29, 0.717) is 11.1 Å². The number of carbonyl (C=O) groups is 4. The highest BCUT2D eigenvalue weighted by Gasteiger charge is 2.29. The quantitative estimate of drug-likeness (QED) is 0.166. The first kappa shape index (κ1) is 27.7. The number of rotatable bonds is 10. The summed E-state index contributed by atoms with van der Waals surface area (Å²) in [7, 11) is 0. The molecule has 2 amide bonds. The van der Waals surface area contributed by atoms with Crippen LogP contribution in [-0.2, 0) is 9.59 Å². The first-order chi connectivity index (χ1) is 18.6. The molecule has 4 aromatic rings. The molecule has 0 bridgehead atoms. The molecule has 4 N–H and O–H groups in total. The van der Waals surface area contributed by atoms with Crippen molar-refractivity contribution in [2.75, 3.05) is 10.6 Å². The van der Waals surface area contributed by atoms with Gasteiger partial charge in [-0.3, -0.25) is 9.59 Å². The van der Waals surface area contributed by atoms with Crippen LogP contribution in [0.5, 0.6) is 0 Å². The van der Waals surface area contributed by atoms with Gasteiger partial charge in [0.2, 0.25) is 11.8 Å². The van der Waals surface area contributed by atoms with E-state index in [-0.39, 0.29) is 34.0 Å². The summed E-state index contributed by atoms with van der Waals surface area (Å²) < 4.78 is 0. The zero-order valence-corrected chi connectivity index (χ0v) is 22.8. The molecule has 2 aromatic heterocycles. The largest absolute Gasteiger partial charge is 0.478 e. The van der Waals surface area contributed by atoms with E-state index >= 15 is 0 Å². The van der Waals surface area contributed by atoms with Crippen LogP contribution in [0.4, 0.5) is 10.0 Å². The second-order valence-electron chi connectivity index (χ2n) is 9.66. The number of aromatic carboxylic acids is 2. The molecule has 0 unspecified atom stereocenters. The first-order valence-electron chi connectivity index (χ1n) is 12.0. The molecule has 10 heteroatoms. The predicted octanol–water partition coefficient (Wildman–Crippen LogP) is 6.92. The predicted molar refractivity (Wildman–Crippen MR) is 154 cm³/mol. The van der Waals surface area contributed by atoms with E-state index in [1.807, 2.05) is 36.4 Å². The lowest BCUT2D eigenvalue weighted by Crippen LogP contribution is -2.27. The van der Waals surface area contributed by atoms with E-state index in [2.05, 4.69) is 10.6 Å². The van der Waals surface area contributed by atoms with Gasteiger partial charge < -0.3 is 20.8 Å². The van der Waals surface area contributed by atoms with Crippen molar-refractivity contribution < 1.29 is 29.4 Å². The molecule has 8 nitrogen and oxygen atoms in total. The van der Waals surface area contributed by atoms with Crippen molar-refractivity contribution in [3.8, 4) is 22.3 Å². The van der Waals surface area contributed by atoms with Gasteiger partial charge in [0, 0.05) is 34.7 Å². The Morgan fingerprint density at radius 1 is 0.667 bits per heavy atom. The van der Waals surface area contributed by atoms with Gasteiger partial charge in [-0.25, -0.2) is 9.59 Å². The number of thiophene rings is 2. The molecule has 4 rings (SSSR count). The number of hydrogen-bond donors (Lipinski definition) is 4. The Kier molecular flexibility index (Phi) is 8.27. The lowest BCUT2D eigenvalue weighted by molar-refractivity contribution is -0.120. The molecular weight excluding hydrogens is 536 g/mol. The average Bonchev–Trinajstić information content (AvgIpc) is 3.48. The molecule has 0 fully saturated rings. The van der Waals surface area contributed by atoms with Crippen LogP contribution < -0.4 is 10.6 Å². The van der Waals surface area contributed by atoms with Crippen LogP contribution >= 0.6 is 22.7 Å². The molecule has 0 aliphatic heterocycles. The number of carboxylic acids is 2. The van der Waals surface area contributed by atoms with E-state index in [1.165, 1.54) is 0 Å². The van der Waals surface area contributed by atoms with Crippen molar-refractivity contribution in [2.45, 2.75) is 26.7 Å². The number of carbonyl (C=O) groups excluding carboxylic acids is 2. The molecule has 200 valence electrons. The maximum absolute atomic E-state index is 12.9. The van der Waals surface area contributed by atoms with Gasteiger partial charge in [-0.15, -0.1) is 22.7 Å². The van der Waals surface area contributed by atoms with E-state index in [4.69, 9.17) is 0 Å². The third-order valence-electron chi connectivity index (χ3n) is 5.96. The molecule has 2 aromatic carbocycles. The standard InChI is InChI=1S/C29H26N2O6S2/c1-29(2,13-21(32)30-25-23(27(34)35)19(15-38-25)17-9-5-3-6-10-17)14-22(33)31-26-24(28(36)37)20(16-39-26)18-11-7-4-8-12-18/h3-12,15-16H,13-14H2,1-2H3,(H,30,32)(H,31,33)(H,34,35)(H,36,37). The molecule has 0 spiro atoms. The lowest BCUT2D eigenvalue weighted by Gasteiger charge is -2.23. The fourth-order valence-corrected chi connectivity index (χ4v) is 6.21. The highest BCUT2D eigenvalue weighted by atomic mass is 32.1. The third-order valence-corrected chi connectivity index (χ3v) is 7.75. The Bertz CT molecular complexity index is 1410. The summed E-state index contributed by atoms with van der Waals surface area (Å²) in [5.74, 6) is -3.15. The second kappa shape index (κ2) is 11.6. The second-order valence-corrected chi connectivity index (χ2v) is 11.4. The van der Waals surface area contributed by atoms with Crippen LogP contribution in [0.15, 0.2) is 71.4 Å². The first-order valence-corrected chi connectivity index (χ1v) is 13.7. The van der Waals surface area contributed by atoms with Crippen molar-refractivity contribution in [3.63, 3.8) is 0 Å². The van der Waals surface area contributed by atoms with Crippen molar-refractivity contribution in [1.82, 2.24) is 0 Å². The number of nitrogens with one attached hydrogen (secondary N) is 2. The summed E-state index contributed by atoms with van der Waals surface area (Å²) >= 11 is 2.26. The Morgan fingerprint density at radius 2 is 1.03 bits per heavy atom. The molecule has 0 aliphatic rings. The summed E-state index contributed by atoms with van der Waals surface area (Å²) in [5, 5.41) is 28.8. The SMILES string of the molecule is CC(C)(CC(=O)Nc1scc(-c2ccccc2)c1C(=O)O)CC(=O)Nc1scc(-c2ccccc2)c1C(=O)O. The number of benzene rings is 2. The minimum atomic E-state index is -1.15. The third kappa shape index (κ3) is 6.60. The van der Waals surface area contributed by atoms with Crippen molar-refractivity contribution in [3.05, 3.63) is 82.6 Å².